The van der Waals surface area contributed by atoms with Gasteiger partial charge in [0, 0.05) is 18.4 Å². The summed E-state index contributed by atoms with van der Waals surface area (Å²) in [5, 5.41) is 12.5. The van der Waals surface area contributed by atoms with E-state index in [-0.39, 0.29) is 24.5 Å². The van der Waals surface area contributed by atoms with Crippen LogP contribution in [-0.2, 0) is 19.7 Å². The van der Waals surface area contributed by atoms with Crippen LogP contribution < -0.4 is 10.1 Å². The fourth-order valence-corrected chi connectivity index (χ4v) is 3.67. The van der Waals surface area contributed by atoms with Gasteiger partial charge in [-0.3, -0.25) is 4.79 Å². The number of rotatable bonds is 7. The first-order valence-corrected chi connectivity index (χ1v) is 9.34. The van der Waals surface area contributed by atoms with Gasteiger partial charge in [0.05, 0.1) is 6.10 Å². The van der Waals surface area contributed by atoms with Gasteiger partial charge < -0.3 is 19.9 Å². The number of nitrogens with one attached hydrogen (secondary N) is 1. The van der Waals surface area contributed by atoms with Gasteiger partial charge in [0.15, 0.2) is 6.61 Å². The highest BCUT2D eigenvalue weighted by Crippen LogP contribution is 2.51. The number of hydrogen-bond acceptors (Lipinski definition) is 4. The highest BCUT2D eigenvalue weighted by Gasteiger charge is 2.66. The van der Waals surface area contributed by atoms with Gasteiger partial charge >= 0.3 is 5.97 Å². The number of para-hydroxylation sites is 1. The van der Waals surface area contributed by atoms with Crippen LogP contribution in [0, 0.1) is 5.41 Å². The molecule has 0 spiro atoms. The van der Waals surface area contributed by atoms with Crippen LogP contribution >= 0.6 is 0 Å². The zero-order valence-electron chi connectivity index (χ0n) is 17.1. The Hall–Kier alpha value is -2.08. The van der Waals surface area contributed by atoms with Crippen molar-refractivity contribution in [2.45, 2.75) is 65.0 Å². The lowest BCUT2D eigenvalue weighted by atomic mass is 9.54. The average molecular weight is 377 g/mol. The van der Waals surface area contributed by atoms with Gasteiger partial charge in [-0.25, -0.2) is 4.79 Å². The smallest absolute Gasteiger partial charge is 0.330 e. The van der Waals surface area contributed by atoms with Gasteiger partial charge in [-0.15, -0.1) is 0 Å². The van der Waals surface area contributed by atoms with Crippen LogP contribution in [0.4, 0.5) is 0 Å². The minimum Gasteiger partial charge on any atom is -0.483 e. The lowest BCUT2D eigenvalue weighted by Crippen LogP contribution is -2.76. The van der Waals surface area contributed by atoms with E-state index in [4.69, 9.17) is 9.47 Å². The van der Waals surface area contributed by atoms with Gasteiger partial charge in [0.1, 0.15) is 11.3 Å². The molecule has 1 amide bonds. The zero-order valence-corrected chi connectivity index (χ0v) is 17.1. The molecular weight excluding hydrogens is 346 g/mol. The van der Waals surface area contributed by atoms with Gasteiger partial charge in [-0.1, -0.05) is 52.8 Å². The lowest BCUT2D eigenvalue weighted by molar-refractivity contribution is -0.194. The first kappa shape index (κ1) is 21.2. The summed E-state index contributed by atoms with van der Waals surface area (Å²) in [6.07, 6.45) is 0.0365. The molecule has 0 saturated heterocycles. The van der Waals surface area contributed by atoms with E-state index in [1.807, 2.05) is 31.2 Å². The number of amides is 1. The Morgan fingerprint density at radius 2 is 1.89 bits per heavy atom. The Morgan fingerprint density at radius 1 is 1.26 bits per heavy atom. The second kappa shape index (κ2) is 7.50. The topological polar surface area (TPSA) is 84.9 Å². The molecule has 2 rings (SSSR count). The van der Waals surface area contributed by atoms with Crippen molar-refractivity contribution in [1.29, 1.82) is 0 Å². The summed E-state index contributed by atoms with van der Waals surface area (Å²) in [5.74, 6) is -0.874. The molecule has 0 aliphatic heterocycles. The Kier molecular flexibility index (Phi) is 5.90. The van der Waals surface area contributed by atoms with E-state index in [1.54, 1.807) is 13.8 Å². The summed E-state index contributed by atoms with van der Waals surface area (Å²) in [6.45, 7) is 12.0. The lowest BCUT2D eigenvalue weighted by Gasteiger charge is -2.58. The molecule has 0 bridgehead atoms. The molecule has 1 aromatic rings. The molecule has 1 saturated carbocycles. The Morgan fingerprint density at radius 3 is 2.41 bits per heavy atom. The summed E-state index contributed by atoms with van der Waals surface area (Å²) in [4.78, 5) is 24.5. The standard InChI is InChI=1S/C21H31NO5/c1-7-26-16-12-21(18(24)25,20(16,5)6)22-17(23)13-27-15-11-9-8-10-14(15)19(2,3)4/h8-11,16H,7,12-13H2,1-6H3,(H,22,23)(H,24,25). The molecule has 27 heavy (non-hydrogen) atoms. The Balaban J connectivity index is 2.08. The van der Waals surface area contributed by atoms with Crippen LogP contribution in [0.5, 0.6) is 5.75 Å². The quantitative estimate of drug-likeness (QED) is 0.762. The predicted molar refractivity (Wildman–Crippen MR) is 103 cm³/mol. The van der Waals surface area contributed by atoms with Crippen molar-refractivity contribution in [1.82, 2.24) is 5.32 Å². The molecule has 2 atom stereocenters. The number of ether oxygens (including phenoxy) is 2. The molecule has 0 radical (unpaired) electrons. The molecule has 6 heteroatoms. The van der Waals surface area contributed by atoms with Gasteiger partial charge in [-0.2, -0.15) is 0 Å². The number of carbonyl (C=O) groups is 2. The molecule has 0 heterocycles. The molecule has 1 fully saturated rings. The zero-order chi connectivity index (χ0) is 20.5. The molecule has 150 valence electrons. The minimum atomic E-state index is -1.35. The summed E-state index contributed by atoms with van der Waals surface area (Å²) in [6, 6.07) is 7.56. The van der Waals surface area contributed by atoms with E-state index in [0.29, 0.717) is 12.4 Å². The highest BCUT2D eigenvalue weighted by molar-refractivity contribution is 5.90. The number of hydrogen-bond donors (Lipinski definition) is 2. The highest BCUT2D eigenvalue weighted by atomic mass is 16.5. The van der Waals surface area contributed by atoms with Gasteiger partial charge in [-0.05, 0) is 24.0 Å². The number of carboxylic acids is 1. The normalized spacial score (nSPS) is 24.0. The summed E-state index contributed by atoms with van der Waals surface area (Å²) >= 11 is 0. The van der Waals surface area contributed by atoms with Crippen molar-refractivity contribution in [3.63, 3.8) is 0 Å². The summed E-state index contributed by atoms with van der Waals surface area (Å²) in [5.41, 5.74) is -1.20. The van der Waals surface area contributed by atoms with Crippen molar-refractivity contribution in [2.24, 2.45) is 5.41 Å². The number of carbonyl (C=O) groups excluding carboxylic acids is 1. The molecular formula is C21H31NO5. The van der Waals surface area contributed by atoms with Crippen molar-refractivity contribution in [2.75, 3.05) is 13.2 Å². The van der Waals surface area contributed by atoms with Crippen LogP contribution in [-0.4, -0.2) is 41.8 Å². The van der Waals surface area contributed by atoms with Crippen molar-refractivity contribution in [3.05, 3.63) is 29.8 Å². The first-order valence-electron chi connectivity index (χ1n) is 9.34. The van der Waals surface area contributed by atoms with Crippen LogP contribution in [0.3, 0.4) is 0 Å². The maximum Gasteiger partial charge on any atom is 0.330 e. The first-order chi connectivity index (χ1) is 12.5. The van der Waals surface area contributed by atoms with E-state index < -0.39 is 22.8 Å². The van der Waals surface area contributed by atoms with Crippen molar-refractivity contribution in [3.8, 4) is 5.75 Å². The average Bonchev–Trinajstić information content (AvgIpc) is 2.58. The summed E-state index contributed by atoms with van der Waals surface area (Å²) < 4.78 is 11.3. The van der Waals surface area contributed by atoms with Crippen LogP contribution in [0.1, 0.15) is 53.5 Å². The fourth-order valence-electron chi connectivity index (χ4n) is 3.67. The van der Waals surface area contributed by atoms with E-state index in [1.165, 1.54) is 0 Å². The van der Waals surface area contributed by atoms with Crippen LogP contribution in [0.2, 0.25) is 0 Å². The van der Waals surface area contributed by atoms with Gasteiger partial charge in [0.25, 0.3) is 5.91 Å². The molecule has 1 aromatic carbocycles. The second-order valence-electron chi connectivity index (χ2n) is 8.66. The number of aliphatic carboxylic acids is 1. The van der Waals surface area contributed by atoms with Crippen molar-refractivity contribution >= 4 is 11.9 Å². The number of carboxylic acid groups (broad SMARTS) is 1. The van der Waals surface area contributed by atoms with E-state index in [0.717, 1.165) is 5.56 Å². The molecule has 1 aliphatic carbocycles. The van der Waals surface area contributed by atoms with E-state index in [9.17, 15) is 14.7 Å². The maximum atomic E-state index is 12.5. The Labute approximate surface area is 161 Å². The monoisotopic (exact) mass is 377 g/mol. The SMILES string of the molecule is CCOC1CC(NC(=O)COc2ccccc2C(C)(C)C)(C(=O)O)C1(C)C. The molecule has 1 aliphatic rings. The molecule has 6 nitrogen and oxygen atoms in total. The molecule has 0 aromatic heterocycles. The third-order valence-corrected chi connectivity index (χ3v) is 5.54. The molecule has 2 N–H and O–H groups in total. The molecule has 2 unspecified atom stereocenters. The third kappa shape index (κ3) is 3.95. The largest absolute Gasteiger partial charge is 0.483 e. The second-order valence-corrected chi connectivity index (χ2v) is 8.66. The fraction of sp³-hybridized carbons (Fsp3) is 0.619. The summed E-state index contributed by atoms with van der Waals surface area (Å²) in [7, 11) is 0. The van der Waals surface area contributed by atoms with Crippen LogP contribution in [0.15, 0.2) is 24.3 Å². The van der Waals surface area contributed by atoms with Crippen molar-refractivity contribution < 1.29 is 24.2 Å². The number of benzene rings is 1. The van der Waals surface area contributed by atoms with E-state index in [2.05, 4.69) is 26.1 Å². The predicted octanol–water partition coefficient (Wildman–Crippen LogP) is 3.14. The van der Waals surface area contributed by atoms with E-state index >= 15 is 0 Å². The van der Waals surface area contributed by atoms with Gasteiger partial charge in [0.2, 0.25) is 0 Å². The third-order valence-electron chi connectivity index (χ3n) is 5.54. The van der Waals surface area contributed by atoms with Crippen LogP contribution in [0.25, 0.3) is 0 Å². The Bertz CT molecular complexity index is 707. The minimum absolute atomic E-state index is 0.129. The maximum absolute atomic E-state index is 12.5.